The van der Waals surface area contributed by atoms with E-state index in [-0.39, 0.29) is 18.4 Å². The molecule has 1 aromatic carbocycles. The minimum atomic E-state index is -1.000. The summed E-state index contributed by atoms with van der Waals surface area (Å²) in [5.41, 5.74) is 1.45. The number of hydrogen-bond acceptors (Lipinski definition) is 4. The summed E-state index contributed by atoms with van der Waals surface area (Å²) in [4.78, 5) is 24.8. The zero-order valence-corrected chi connectivity index (χ0v) is 11.7. The second kappa shape index (κ2) is 6.37. The first-order chi connectivity index (χ1) is 10.0. The lowest BCUT2D eigenvalue weighted by Crippen LogP contribution is -2.56. The monoisotopic (exact) mass is 287 g/mol. The second-order valence-corrected chi connectivity index (χ2v) is 5.06. The molecule has 1 heterocycles. The lowest BCUT2D eigenvalue weighted by atomic mass is 10.00. The maximum atomic E-state index is 11.9. The van der Waals surface area contributed by atoms with Gasteiger partial charge in [0, 0.05) is 19.1 Å². The molecule has 0 aliphatic carbocycles. The molecule has 0 spiro atoms. The minimum absolute atomic E-state index is 0.131. The van der Waals surface area contributed by atoms with Gasteiger partial charge in [-0.1, -0.05) is 12.1 Å². The summed E-state index contributed by atoms with van der Waals surface area (Å²) < 4.78 is 0. The van der Waals surface area contributed by atoms with E-state index >= 15 is 0 Å². The van der Waals surface area contributed by atoms with Gasteiger partial charge in [-0.15, -0.1) is 0 Å². The lowest BCUT2D eigenvalue weighted by Gasteiger charge is -2.38. The fourth-order valence-corrected chi connectivity index (χ4v) is 2.63. The molecule has 1 aliphatic rings. The van der Waals surface area contributed by atoms with E-state index in [1.165, 1.54) is 0 Å². The summed E-state index contributed by atoms with van der Waals surface area (Å²) in [6.45, 7) is 3.00. The summed E-state index contributed by atoms with van der Waals surface area (Å²) in [5, 5.41) is 20.6. The number of rotatable bonds is 4. The van der Waals surface area contributed by atoms with Crippen molar-refractivity contribution in [2.24, 2.45) is 0 Å². The van der Waals surface area contributed by atoms with Crippen LogP contribution in [0, 0.1) is 11.3 Å². The molecule has 0 saturated carbocycles. The van der Waals surface area contributed by atoms with Gasteiger partial charge in [-0.2, -0.15) is 5.26 Å². The van der Waals surface area contributed by atoms with Crippen molar-refractivity contribution in [2.75, 3.05) is 13.1 Å². The Morgan fingerprint density at radius 1 is 1.62 bits per heavy atom. The van der Waals surface area contributed by atoms with Gasteiger partial charge in [0.1, 0.15) is 6.04 Å². The Morgan fingerprint density at radius 2 is 2.38 bits per heavy atom. The second-order valence-electron chi connectivity index (χ2n) is 5.06. The average molecular weight is 287 g/mol. The molecule has 0 bridgehead atoms. The number of aliphatic carboxylic acids is 1. The van der Waals surface area contributed by atoms with E-state index < -0.39 is 12.0 Å². The van der Waals surface area contributed by atoms with Gasteiger partial charge in [0.25, 0.3) is 0 Å². The largest absolute Gasteiger partial charge is 0.481 e. The third-order valence-electron chi connectivity index (χ3n) is 3.74. The molecule has 1 aromatic rings. The highest BCUT2D eigenvalue weighted by Crippen LogP contribution is 2.25. The van der Waals surface area contributed by atoms with E-state index in [9.17, 15) is 9.59 Å². The van der Waals surface area contributed by atoms with Crippen molar-refractivity contribution in [3.63, 3.8) is 0 Å². The fraction of sp³-hybridized carbons (Fsp3) is 0.400. The van der Waals surface area contributed by atoms with Crippen LogP contribution in [0.15, 0.2) is 24.3 Å². The molecule has 2 unspecified atom stereocenters. The zero-order chi connectivity index (χ0) is 15.4. The van der Waals surface area contributed by atoms with E-state index in [0.717, 1.165) is 5.56 Å². The molecule has 110 valence electrons. The lowest BCUT2D eigenvalue weighted by molar-refractivity contribution is -0.143. The van der Waals surface area contributed by atoms with Crippen LogP contribution in [0.4, 0.5) is 0 Å². The predicted octanol–water partition coefficient (Wildman–Crippen LogP) is 0.894. The van der Waals surface area contributed by atoms with Crippen LogP contribution < -0.4 is 5.32 Å². The first-order valence-electron chi connectivity index (χ1n) is 6.78. The maximum absolute atomic E-state index is 11.9. The van der Waals surface area contributed by atoms with Crippen molar-refractivity contribution in [2.45, 2.75) is 25.4 Å². The van der Waals surface area contributed by atoms with Gasteiger partial charge < -0.3 is 10.4 Å². The van der Waals surface area contributed by atoms with E-state index in [0.29, 0.717) is 18.7 Å². The van der Waals surface area contributed by atoms with Crippen molar-refractivity contribution < 1.29 is 14.7 Å². The molecule has 2 N–H and O–H groups in total. The normalized spacial score (nSPS) is 20.4. The highest BCUT2D eigenvalue weighted by atomic mass is 16.4. The number of nitrogens with zero attached hydrogens (tertiary/aromatic N) is 2. The van der Waals surface area contributed by atoms with Gasteiger partial charge in [0.15, 0.2) is 0 Å². The molecule has 6 nitrogen and oxygen atoms in total. The number of carboxylic acid groups (broad SMARTS) is 1. The summed E-state index contributed by atoms with van der Waals surface area (Å²) in [6, 6.07) is 8.44. The molecule has 0 aromatic heterocycles. The van der Waals surface area contributed by atoms with Gasteiger partial charge in [-0.25, -0.2) is 0 Å². The molecule has 1 saturated heterocycles. The van der Waals surface area contributed by atoms with Crippen molar-refractivity contribution in [1.29, 1.82) is 5.26 Å². The van der Waals surface area contributed by atoms with Crippen molar-refractivity contribution in [1.82, 2.24) is 10.2 Å². The first-order valence-corrected chi connectivity index (χ1v) is 6.78. The topological polar surface area (TPSA) is 93.4 Å². The molecule has 6 heteroatoms. The molecular weight excluding hydrogens is 270 g/mol. The highest BCUT2D eigenvalue weighted by molar-refractivity contribution is 5.86. The van der Waals surface area contributed by atoms with Gasteiger partial charge >= 0.3 is 5.97 Å². The van der Waals surface area contributed by atoms with Crippen LogP contribution in [0.2, 0.25) is 0 Å². The molecule has 2 atom stereocenters. The number of nitriles is 1. The van der Waals surface area contributed by atoms with Gasteiger partial charge in [-0.05, 0) is 24.6 Å². The zero-order valence-electron chi connectivity index (χ0n) is 11.7. The van der Waals surface area contributed by atoms with Crippen molar-refractivity contribution >= 4 is 11.9 Å². The summed E-state index contributed by atoms with van der Waals surface area (Å²) in [5.74, 6) is -1.26. The van der Waals surface area contributed by atoms with Gasteiger partial charge in [-0.3, -0.25) is 14.5 Å². The Bertz CT molecular complexity index is 594. The third-order valence-corrected chi connectivity index (χ3v) is 3.74. The van der Waals surface area contributed by atoms with Crippen LogP contribution in [-0.4, -0.2) is 41.0 Å². The smallest absolute Gasteiger partial charge is 0.305 e. The molecule has 1 fully saturated rings. The highest BCUT2D eigenvalue weighted by Gasteiger charge is 2.34. The molecule has 0 radical (unpaired) electrons. The molecule has 2 rings (SSSR count). The van der Waals surface area contributed by atoms with Crippen LogP contribution in [0.3, 0.4) is 0 Å². The summed E-state index contributed by atoms with van der Waals surface area (Å²) >= 11 is 0. The maximum Gasteiger partial charge on any atom is 0.305 e. The molecule has 1 amide bonds. The van der Waals surface area contributed by atoms with Crippen LogP contribution in [-0.2, 0) is 9.59 Å². The number of nitrogens with one attached hydrogen (secondary N) is 1. The van der Waals surface area contributed by atoms with E-state index in [2.05, 4.69) is 11.4 Å². The van der Waals surface area contributed by atoms with E-state index in [1.807, 2.05) is 17.9 Å². The average Bonchev–Trinajstić information content (AvgIpc) is 2.48. The van der Waals surface area contributed by atoms with Gasteiger partial charge in [0.2, 0.25) is 5.91 Å². The van der Waals surface area contributed by atoms with Crippen molar-refractivity contribution in [3.05, 3.63) is 35.4 Å². The Hall–Kier alpha value is -2.39. The van der Waals surface area contributed by atoms with Crippen LogP contribution in [0.1, 0.15) is 30.5 Å². The third kappa shape index (κ3) is 3.38. The number of hydrogen-bond donors (Lipinski definition) is 2. The van der Waals surface area contributed by atoms with E-state index in [1.54, 1.807) is 18.2 Å². The van der Waals surface area contributed by atoms with Crippen LogP contribution in [0.5, 0.6) is 0 Å². The number of carbonyl (C=O) groups excluding carboxylic acids is 1. The number of piperazine rings is 1. The summed E-state index contributed by atoms with van der Waals surface area (Å²) in [6.07, 6.45) is -0.228. The number of carbonyl (C=O) groups is 2. The fourth-order valence-electron chi connectivity index (χ4n) is 2.63. The molecule has 21 heavy (non-hydrogen) atoms. The standard InChI is InChI=1S/C15H17N3O3/c1-10(12-4-2-3-11(7-12)9-16)18-6-5-17-15(21)13(18)8-14(19)20/h2-4,7,10,13H,5-6,8H2,1H3,(H,17,21)(H,19,20). The minimum Gasteiger partial charge on any atom is -0.481 e. The van der Waals surface area contributed by atoms with Crippen LogP contribution in [0.25, 0.3) is 0 Å². The summed E-state index contributed by atoms with van der Waals surface area (Å²) in [7, 11) is 0. The first kappa shape index (κ1) is 15.0. The Kier molecular flexibility index (Phi) is 4.55. The quantitative estimate of drug-likeness (QED) is 0.858. The van der Waals surface area contributed by atoms with Crippen LogP contribution >= 0.6 is 0 Å². The van der Waals surface area contributed by atoms with Crippen molar-refractivity contribution in [3.8, 4) is 6.07 Å². The van der Waals surface area contributed by atoms with E-state index in [4.69, 9.17) is 10.4 Å². The molecular formula is C15H17N3O3. The Labute approximate surface area is 123 Å². The number of carboxylic acids is 1. The Morgan fingerprint density at radius 3 is 3.05 bits per heavy atom. The Balaban J connectivity index is 2.25. The number of benzene rings is 1. The number of amides is 1. The SMILES string of the molecule is CC(c1cccc(C#N)c1)N1CCNC(=O)C1CC(=O)O. The van der Waals surface area contributed by atoms with Gasteiger partial charge in [0.05, 0.1) is 18.1 Å². The predicted molar refractivity (Wildman–Crippen MR) is 75.3 cm³/mol. The molecule has 1 aliphatic heterocycles.